The highest BCUT2D eigenvalue weighted by molar-refractivity contribution is 5.25. The maximum Gasteiger partial charge on any atom is -0.0258 e. The molecule has 3 fully saturated rings. The molecule has 0 spiro atoms. The fourth-order valence-corrected chi connectivity index (χ4v) is 4.99. The summed E-state index contributed by atoms with van der Waals surface area (Å²) in [6.07, 6.45) is 3.05. The molecule has 0 nitrogen and oxygen atoms in total. The average Bonchev–Trinajstić information content (AvgIpc) is 2.81. The van der Waals surface area contributed by atoms with Gasteiger partial charge in [-0.05, 0) is 53.3 Å². The molecule has 0 aromatic carbocycles. The highest BCUT2D eigenvalue weighted by Crippen LogP contribution is 2.83. The standard InChI is InChI=1S/C14H24/c1-8(2)11-12(10-7-14(10,11)5)13(4)6-9(13)3/h8-12H,6-7H2,1-5H3. The summed E-state index contributed by atoms with van der Waals surface area (Å²) in [4.78, 5) is 0. The molecule has 3 aliphatic rings. The van der Waals surface area contributed by atoms with Crippen LogP contribution in [0.15, 0.2) is 0 Å². The molecule has 0 bridgehead atoms. The SMILES string of the molecule is CC(C)C1C(C2(C)CC2C)C2CC21C. The van der Waals surface area contributed by atoms with Crippen LogP contribution in [-0.4, -0.2) is 0 Å². The van der Waals surface area contributed by atoms with Gasteiger partial charge in [-0.2, -0.15) is 0 Å². The van der Waals surface area contributed by atoms with Crippen molar-refractivity contribution in [2.24, 2.45) is 40.4 Å². The molecule has 3 saturated carbocycles. The van der Waals surface area contributed by atoms with Crippen molar-refractivity contribution >= 4 is 0 Å². The van der Waals surface area contributed by atoms with E-state index < -0.39 is 0 Å². The van der Waals surface area contributed by atoms with Gasteiger partial charge in [0.2, 0.25) is 0 Å². The summed E-state index contributed by atoms with van der Waals surface area (Å²) in [6.45, 7) is 12.4. The third-order valence-electron chi connectivity index (χ3n) is 6.12. The van der Waals surface area contributed by atoms with E-state index in [4.69, 9.17) is 0 Å². The van der Waals surface area contributed by atoms with Gasteiger partial charge in [0, 0.05) is 0 Å². The number of fused-ring (bicyclic) bond motifs is 1. The second-order valence-electron chi connectivity index (χ2n) is 7.22. The maximum absolute atomic E-state index is 2.55. The Hall–Kier alpha value is 0. The van der Waals surface area contributed by atoms with Crippen molar-refractivity contribution in [1.82, 2.24) is 0 Å². The van der Waals surface area contributed by atoms with Crippen molar-refractivity contribution in [3.8, 4) is 0 Å². The Kier molecular flexibility index (Phi) is 1.47. The van der Waals surface area contributed by atoms with Crippen molar-refractivity contribution in [2.75, 3.05) is 0 Å². The second-order valence-corrected chi connectivity index (χ2v) is 7.22. The first-order valence-electron chi connectivity index (χ1n) is 6.41. The molecule has 0 saturated heterocycles. The van der Waals surface area contributed by atoms with Crippen LogP contribution in [0.1, 0.15) is 47.5 Å². The second kappa shape index (κ2) is 2.23. The van der Waals surface area contributed by atoms with Gasteiger partial charge in [0.25, 0.3) is 0 Å². The monoisotopic (exact) mass is 192 g/mol. The smallest absolute Gasteiger partial charge is 0.0258 e. The van der Waals surface area contributed by atoms with Crippen molar-refractivity contribution in [3.05, 3.63) is 0 Å². The maximum atomic E-state index is 2.55. The molecular formula is C14H24. The van der Waals surface area contributed by atoms with Crippen molar-refractivity contribution < 1.29 is 0 Å². The molecule has 0 heterocycles. The zero-order valence-electron chi connectivity index (χ0n) is 10.3. The topological polar surface area (TPSA) is 0 Å². The summed E-state index contributed by atoms with van der Waals surface area (Å²) in [6, 6.07) is 0. The molecule has 0 heteroatoms. The van der Waals surface area contributed by atoms with Crippen molar-refractivity contribution in [3.63, 3.8) is 0 Å². The fraction of sp³-hybridized carbons (Fsp3) is 1.00. The van der Waals surface area contributed by atoms with Crippen LogP contribution in [-0.2, 0) is 0 Å². The summed E-state index contributed by atoms with van der Waals surface area (Å²) >= 11 is 0. The van der Waals surface area contributed by atoms with Gasteiger partial charge in [0.05, 0.1) is 0 Å². The van der Waals surface area contributed by atoms with E-state index >= 15 is 0 Å². The van der Waals surface area contributed by atoms with E-state index in [0.29, 0.717) is 0 Å². The van der Waals surface area contributed by atoms with Crippen LogP contribution in [0, 0.1) is 40.4 Å². The first-order chi connectivity index (χ1) is 6.41. The third-order valence-corrected chi connectivity index (χ3v) is 6.12. The van der Waals surface area contributed by atoms with Crippen LogP contribution in [0.5, 0.6) is 0 Å². The minimum Gasteiger partial charge on any atom is -0.0625 e. The molecule has 6 atom stereocenters. The highest BCUT2D eigenvalue weighted by atomic mass is 14.8. The van der Waals surface area contributed by atoms with Crippen LogP contribution in [0.4, 0.5) is 0 Å². The molecule has 0 aromatic heterocycles. The Labute approximate surface area is 88.5 Å². The Morgan fingerprint density at radius 1 is 1.07 bits per heavy atom. The number of hydrogen-bond acceptors (Lipinski definition) is 0. The van der Waals surface area contributed by atoms with Gasteiger partial charge in [-0.3, -0.25) is 0 Å². The van der Waals surface area contributed by atoms with Crippen molar-refractivity contribution in [2.45, 2.75) is 47.5 Å². The molecule has 0 amide bonds. The molecule has 3 aliphatic carbocycles. The molecule has 3 rings (SSSR count). The summed E-state index contributed by atoms with van der Waals surface area (Å²) < 4.78 is 0. The Bertz CT molecular complexity index is 280. The highest BCUT2D eigenvalue weighted by Gasteiger charge is 2.77. The zero-order chi connectivity index (χ0) is 10.3. The van der Waals surface area contributed by atoms with E-state index in [1.807, 2.05) is 0 Å². The quantitative estimate of drug-likeness (QED) is 0.621. The molecule has 0 radical (unpaired) electrons. The first kappa shape index (κ1) is 9.24. The van der Waals surface area contributed by atoms with Gasteiger partial charge < -0.3 is 0 Å². The van der Waals surface area contributed by atoms with E-state index in [1.165, 1.54) is 6.42 Å². The summed E-state index contributed by atoms with van der Waals surface area (Å²) in [5.74, 6) is 5.17. The number of hydrogen-bond donors (Lipinski definition) is 0. The summed E-state index contributed by atoms with van der Waals surface area (Å²) in [5, 5.41) is 0. The minimum absolute atomic E-state index is 0.746. The van der Waals surface area contributed by atoms with Gasteiger partial charge >= 0.3 is 0 Å². The lowest BCUT2D eigenvalue weighted by Gasteiger charge is -2.49. The van der Waals surface area contributed by atoms with E-state index in [1.54, 1.807) is 6.42 Å². The van der Waals surface area contributed by atoms with Crippen molar-refractivity contribution in [1.29, 1.82) is 0 Å². The van der Waals surface area contributed by atoms with Gasteiger partial charge in [-0.1, -0.05) is 34.6 Å². The predicted octanol–water partition coefficient (Wildman–Crippen LogP) is 3.96. The van der Waals surface area contributed by atoms with Crippen LogP contribution in [0.3, 0.4) is 0 Å². The Balaban J connectivity index is 1.83. The molecule has 0 N–H and O–H groups in total. The van der Waals surface area contributed by atoms with Crippen LogP contribution < -0.4 is 0 Å². The van der Waals surface area contributed by atoms with Crippen LogP contribution in [0.2, 0.25) is 0 Å². The minimum atomic E-state index is 0.746. The van der Waals surface area contributed by atoms with Crippen LogP contribution >= 0.6 is 0 Å². The summed E-state index contributed by atoms with van der Waals surface area (Å²) in [5.41, 5.74) is 1.53. The molecule has 80 valence electrons. The average molecular weight is 192 g/mol. The lowest BCUT2D eigenvalue weighted by Crippen LogP contribution is -2.45. The number of rotatable bonds is 2. The first-order valence-corrected chi connectivity index (χ1v) is 6.41. The fourth-order valence-electron chi connectivity index (χ4n) is 4.99. The Morgan fingerprint density at radius 2 is 1.64 bits per heavy atom. The van der Waals surface area contributed by atoms with Gasteiger partial charge in [-0.15, -0.1) is 0 Å². The van der Waals surface area contributed by atoms with Crippen LogP contribution in [0.25, 0.3) is 0 Å². The largest absolute Gasteiger partial charge is 0.0625 e. The van der Waals surface area contributed by atoms with Gasteiger partial charge in [0.15, 0.2) is 0 Å². The van der Waals surface area contributed by atoms with E-state index in [0.717, 1.165) is 40.4 Å². The van der Waals surface area contributed by atoms with Gasteiger partial charge in [-0.25, -0.2) is 0 Å². The molecule has 6 unspecified atom stereocenters. The van der Waals surface area contributed by atoms with E-state index in [2.05, 4.69) is 34.6 Å². The third kappa shape index (κ3) is 0.823. The predicted molar refractivity (Wildman–Crippen MR) is 59.9 cm³/mol. The molecule has 14 heavy (non-hydrogen) atoms. The normalized spacial score (nSPS) is 64.7. The van der Waals surface area contributed by atoms with E-state index in [9.17, 15) is 0 Å². The summed E-state index contributed by atoms with van der Waals surface area (Å²) in [7, 11) is 0. The molecular weight excluding hydrogens is 168 g/mol. The molecule has 0 aliphatic heterocycles. The molecule has 0 aromatic rings. The lowest BCUT2D eigenvalue weighted by molar-refractivity contribution is -0.0196. The van der Waals surface area contributed by atoms with E-state index in [-0.39, 0.29) is 0 Å². The Morgan fingerprint density at radius 3 is 2.07 bits per heavy atom. The zero-order valence-corrected chi connectivity index (χ0v) is 10.3. The van der Waals surface area contributed by atoms with Gasteiger partial charge in [0.1, 0.15) is 0 Å². The lowest BCUT2D eigenvalue weighted by atomic mass is 9.55.